The number of unbranched alkanes of at least 4 members (excludes halogenated alkanes) is 47. The smallest absolute Gasteiger partial charge is 0.305 e. The molecule has 6 N–H and O–H groups in total. The zero-order valence-electron chi connectivity index (χ0n) is 59.3. The van der Waals surface area contributed by atoms with Crippen molar-refractivity contribution >= 4 is 11.9 Å². The van der Waals surface area contributed by atoms with Gasteiger partial charge in [-0.3, -0.25) is 9.59 Å². The molecule has 0 aromatic rings. The van der Waals surface area contributed by atoms with Gasteiger partial charge in [0.25, 0.3) is 0 Å². The van der Waals surface area contributed by atoms with Gasteiger partial charge in [0, 0.05) is 12.8 Å². The van der Waals surface area contributed by atoms with Crippen LogP contribution in [0.25, 0.3) is 0 Å². The summed E-state index contributed by atoms with van der Waals surface area (Å²) in [7, 11) is 0. The normalized spacial score (nSPS) is 17.9. The summed E-state index contributed by atoms with van der Waals surface area (Å²) in [6, 6.07) is -0.825. The molecule has 0 spiro atoms. The summed E-state index contributed by atoms with van der Waals surface area (Å²) in [6.45, 7) is 4.30. The van der Waals surface area contributed by atoms with Gasteiger partial charge in [0.2, 0.25) is 5.91 Å². The summed E-state index contributed by atoms with van der Waals surface area (Å²) >= 11 is 0. The maximum absolute atomic E-state index is 13.0. The summed E-state index contributed by atoms with van der Waals surface area (Å²) < 4.78 is 16.7. The van der Waals surface area contributed by atoms with Crippen LogP contribution in [0.2, 0.25) is 0 Å². The second kappa shape index (κ2) is 68.7. The summed E-state index contributed by atoms with van der Waals surface area (Å²) in [5.41, 5.74) is 0. The van der Waals surface area contributed by atoms with Crippen LogP contribution in [0.5, 0.6) is 0 Å². The summed E-state index contributed by atoms with van der Waals surface area (Å²) in [5, 5.41) is 54.3. The first-order chi connectivity index (χ1) is 44.7. The number of carbonyl (C=O) groups excluding carboxylic acids is 2. The van der Waals surface area contributed by atoms with Crippen LogP contribution in [0, 0.1) is 0 Å². The lowest BCUT2D eigenvalue weighted by Crippen LogP contribution is -2.60. The Labute approximate surface area is 560 Å². The van der Waals surface area contributed by atoms with E-state index >= 15 is 0 Å². The summed E-state index contributed by atoms with van der Waals surface area (Å²) in [5.74, 6) is -0.184. The van der Waals surface area contributed by atoms with Gasteiger partial charge in [-0.15, -0.1) is 0 Å². The zero-order chi connectivity index (χ0) is 65.8. The fraction of sp³-hybridized carbons (Fsp3) is 0.850. The number of amides is 1. The van der Waals surface area contributed by atoms with Crippen LogP contribution < -0.4 is 5.32 Å². The Morgan fingerprint density at radius 2 is 0.747 bits per heavy atom. The van der Waals surface area contributed by atoms with Crippen molar-refractivity contribution in [2.24, 2.45) is 0 Å². The predicted molar refractivity (Wildman–Crippen MR) is 384 cm³/mol. The number of aliphatic hydroxyl groups is 5. The van der Waals surface area contributed by atoms with E-state index in [1.54, 1.807) is 6.08 Å². The molecule has 7 atom stereocenters. The third-order valence-electron chi connectivity index (χ3n) is 18.3. The SMILES string of the molecule is CCCCC/C=C/CC/C=C/C(O)C(COC1OC(CO)C(O)C(O)C1O)NC(=O)CCCCCCCCCCCCCCCCCCC/C=C\C/C=C\CCCCCCCCCCCCCCCCCOC(=O)CCCCCCC/C=C\CCCCCCCC. The molecule has 1 aliphatic heterocycles. The lowest BCUT2D eigenvalue weighted by molar-refractivity contribution is -0.302. The van der Waals surface area contributed by atoms with Gasteiger partial charge in [-0.05, 0) is 103 Å². The number of nitrogens with one attached hydrogen (secondary N) is 1. The van der Waals surface area contributed by atoms with E-state index < -0.39 is 49.5 Å². The maximum Gasteiger partial charge on any atom is 0.305 e. The van der Waals surface area contributed by atoms with E-state index in [-0.39, 0.29) is 18.5 Å². The first-order valence-electron chi connectivity index (χ1n) is 39.1. The van der Waals surface area contributed by atoms with Crippen LogP contribution in [0.3, 0.4) is 0 Å². The van der Waals surface area contributed by atoms with Gasteiger partial charge in [-0.25, -0.2) is 0 Å². The molecular formula is C80H147NO10. The fourth-order valence-corrected chi connectivity index (χ4v) is 12.2. The molecule has 0 saturated carbocycles. The molecular weight excluding hydrogens is 1130 g/mol. The van der Waals surface area contributed by atoms with Crippen LogP contribution in [-0.4, -0.2) is 100 Å². The van der Waals surface area contributed by atoms with Crippen molar-refractivity contribution in [3.8, 4) is 0 Å². The monoisotopic (exact) mass is 1280 g/mol. The Balaban J connectivity index is 1.87. The first kappa shape index (κ1) is 86.4. The number of aliphatic hydroxyl groups excluding tert-OH is 5. The van der Waals surface area contributed by atoms with E-state index in [4.69, 9.17) is 14.2 Å². The van der Waals surface area contributed by atoms with Gasteiger partial charge >= 0.3 is 5.97 Å². The topological polar surface area (TPSA) is 175 Å². The van der Waals surface area contributed by atoms with Crippen LogP contribution >= 0.6 is 0 Å². The van der Waals surface area contributed by atoms with E-state index in [1.807, 2.05) is 6.08 Å². The molecule has 1 heterocycles. The molecule has 0 aromatic heterocycles. The number of rotatable bonds is 69. The summed E-state index contributed by atoms with van der Waals surface area (Å²) in [6.07, 6.45) is 82.8. The highest BCUT2D eigenvalue weighted by Crippen LogP contribution is 2.23. The molecule has 7 unspecified atom stereocenters. The van der Waals surface area contributed by atoms with Crippen molar-refractivity contribution in [1.29, 1.82) is 0 Å². The molecule has 1 amide bonds. The van der Waals surface area contributed by atoms with E-state index in [0.717, 1.165) is 64.2 Å². The zero-order valence-corrected chi connectivity index (χ0v) is 59.3. The van der Waals surface area contributed by atoms with Crippen molar-refractivity contribution in [2.45, 2.75) is 416 Å². The molecule has 0 bridgehead atoms. The Kier molecular flexibility index (Phi) is 65.2. The van der Waals surface area contributed by atoms with Crippen molar-refractivity contribution in [3.63, 3.8) is 0 Å². The fourth-order valence-electron chi connectivity index (χ4n) is 12.2. The highest BCUT2D eigenvalue weighted by Gasteiger charge is 2.44. The lowest BCUT2D eigenvalue weighted by Gasteiger charge is -2.40. The number of esters is 1. The van der Waals surface area contributed by atoms with Crippen LogP contribution in [0.1, 0.15) is 373 Å². The Morgan fingerprint density at radius 1 is 0.407 bits per heavy atom. The minimum atomic E-state index is -1.57. The second-order valence-electron chi connectivity index (χ2n) is 27.0. The molecule has 91 heavy (non-hydrogen) atoms. The molecule has 532 valence electrons. The third kappa shape index (κ3) is 57.3. The minimum Gasteiger partial charge on any atom is -0.466 e. The highest BCUT2D eigenvalue weighted by molar-refractivity contribution is 5.76. The quantitative estimate of drug-likeness (QED) is 0.0195. The van der Waals surface area contributed by atoms with Crippen molar-refractivity contribution in [2.75, 3.05) is 19.8 Å². The molecule has 1 rings (SSSR count). The van der Waals surface area contributed by atoms with Gasteiger partial charge < -0.3 is 45.1 Å². The maximum atomic E-state index is 13.0. The number of allylic oxidation sites excluding steroid dienone is 9. The largest absolute Gasteiger partial charge is 0.466 e. The summed E-state index contributed by atoms with van der Waals surface area (Å²) in [4.78, 5) is 25.1. The van der Waals surface area contributed by atoms with Gasteiger partial charge in [0.15, 0.2) is 6.29 Å². The Bertz CT molecular complexity index is 1700. The first-order valence-corrected chi connectivity index (χ1v) is 39.1. The highest BCUT2D eigenvalue weighted by atomic mass is 16.7. The minimum absolute atomic E-state index is 0.00657. The Morgan fingerprint density at radius 3 is 1.18 bits per heavy atom. The standard InChI is InChI=1S/C80H147NO10/c1-3-5-7-9-11-13-14-15-41-45-48-52-56-60-64-68-76(85)89-69-65-61-57-53-49-46-43-40-38-36-34-32-30-28-26-24-22-20-18-16-17-19-21-23-25-27-29-31-33-35-37-39-42-44-47-51-55-59-63-67-75(84)81-72(73(83)66-62-58-54-50-12-10-8-6-4-2)71-90-80-79(88)78(87)77(86)74(70-82)91-80/h12,15-17,20,22,41,50,62,66,72-74,77-80,82-83,86-88H,3-11,13-14,18-19,21,23-40,42-49,51-61,63-65,67-71H2,1-2H3,(H,81,84)/b17-16-,22-20-,41-15-,50-12+,66-62+. The molecule has 0 aliphatic carbocycles. The van der Waals surface area contributed by atoms with Gasteiger partial charge in [-0.2, -0.15) is 0 Å². The predicted octanol–water partition coefficient (Wildman–Crippen LogP) is 20.9. The van der Waals surface area contributed by atoms with Crippen LogP contribution in [0.15, 0.2) is 60.8 Å². The van der Waals surface area contributed by atoms with Gasteiger partial charge in [-0.1, -0.05) is 319 Å². The van der Waals surface area contributed by atoms with Crippen molar-refractivity contribution in [3.05, 3.63) is 60.8 Å². The average Bonchev–Trinajstić information content (AvgIpc) is 1.22. The number of hydrogen-bond donors (Lipinski definition) is 6. The van der Waals surface area contributed by atoms with Gasteiger partial charge in [0.05, 0.1) is 32.0 Å². The molecule has 1 fully saturated rings. The molecule has 1 aliphatic rings. The Hall–Kier alpha value is -2.64. The second-order valence-corrected chi connectivity index (χ2v) is 27.0. The average molecular weight is 1280 g/mol. The molecule has 1 saturated heterocycles. The van der Waals surface area contributed by atoms with Crippen molar-refractivity contribution < 1.29 is 49.3 Å². The van der Waals surface area contributed by atoms with E-state index in [0.29, 0.717) is 19.4 Å². The van der Waals surface area contributed by atoms with E-state index in [1.165, 1.54) is 283 Å². The third-order valence-corrected chi connectivity index (χ3v) is 18.3. The molecule has 0 aromatic carbocycles. The van der Waals surface area contributed by atoms with E-state index in [9.17, 15) is 35.1 Å². The van der Waals surface area contributed by atoms with Crippen molar-refractivity contribution in [1.82, 2.24) is 5.32 Å². The molecule has 11 nitrogen and oxygen atoms in total. The van der Waals surface area contributed by atoms with E-state index in [2.05, 4.69) is 67.8 Å². The number of ether oxygens (including phenoxy) is 3. The van der Waals surface area contributed by atoms with Crippen LogP contribution in [0.4, 0.5) is 0 Å². The molecule has 11 heteroatoms. The number of hydrogen-bond acceptors (Lipinski definition) is 10. The molecule has 0 radical (unpaired) electrons. The number of carbonyl (C=O) groups is 2. The lowest BCUT2D eigenvalue weighted by atomic mass is 9.99. The van der Waals surface area contributed by atoms with Gasteiger partial charge in [0.1, 0.15) is 24.4 Å². The van der Waals surface area contributed by atoms with Crippen LogP contribution in [-0.2, 0) is 23.8 Å².